The molecule has 10 heteroatoms. The first-order chi connectivity index (χ1) is 16.0. The van der Waals surface area contributed by atoms with Crippen LogP contribution in [-0.4, -0.2) is 34.3 Å². The maximum Gasteiger partial charge on any atom is 0.283 e. The number of aryl methyl sites for hydroxylation is 1. The predicted octanol–water partition coefficient (Wildman–Crippen LogP) is 3.71. The van der Waals surface area contributed by atoms with Gasteiger partial charge in [0, 0.05) is 10.4 Å². The number of hydrogen-bond donors (Lipinski definition) is 2. The Hall–Kier alpha value is -3.56. The number of benzene rings is 2. The highest BCUT2D eigenvalue weighted by Crippen LogP contribution is 2.31. The maximum atomic E-state index is 12.7. The summed E-state index contributed by atoms with van der Waals surface area (Å²) in [6.07, 6.45) is -0.867. The van der Waals surface area contributed by atoms with Crippen LogP contribution in [0.2, 0.25) is 5.02 Å². The molecule has 8 nitrogen and oxygen atoms in total. The first kappa shape index (κ1) is 21.3. The Morgan fingerprint density at radius 1 is 1.15 bits per heavy atom. The fourth-order valence-corrected chi connectivity index (χ4v) is 4.78. The highest BCUT2D eigenvalue weighted by molar-refractivity contribution is 7.20. The number of thiophene rings is 1. The largest absolute Gasteiger partial charge is 0.485 e. The normalized spacial score (nSPS) is 14.8. The second-order valence-electron chi connectivity index (χ2n) is 7.47. The summed E-state index contributed by atoms with van der Waals surface area (Å²) in [5.74, 6) is 0.140. The van der Waals surface area contributed by atoms with Crippen molar-refractivity contribution >= 4 is 45.0 Å². The van der Waals surface area contributed by atoms with Crippen LogP contribution in [0.3, 0.4) is 0 Å². The number of aromatic nitrogens is 2. The summed E-state index contributed by atoms with van der Waals surface area (Å²) in [5.41, 5.74) is 6.62. The minimum absolute atomic E-state index is 0.0542. The van der Waals surface area contributed by atoms with Crippen molar-refractivity contribution in [2.45, 2.75) is 19.6 Å². The van der Waals surface area contributed by atoms with E-state index >= 15 is 0 Å². The Balaban J connectivity index is 1.26. The number of amides is 2. The Kier molecular flexibility index (Phi) is 5.65. The lowest BCUT2D eigenvalue weighted by Crippen LogP contribution is -2.50. The molecular formula is C23H19ClN4O4S. The van der Waals surface area contributed by atoms with E-state index in [2.05, 4.69) is 16.0 Å². The number of hydrogen-bond acceptors (Lipinski definition) is 6. The van der Waals surface area contributed by atoms with Gasteiger partial charge in [0.1, 0.15) is 11.4 Å². The topological polar surface area (TPSA) is 94.5 Å². The monoisotopic (exact) mass is 482 g/mol. The van der Waals surface area contributed by atoms with Gasteiger partial charge >= 0.3 is 0 Å². The van der Waals surface area contributed by atoms with Crippen LogP contribution in [-0.2, 0) is 11.3 Å². The molecule has 2 amide bonds. The van der Waals surface area contributed by atoms with E-state index in [0.717, 1.165) is 21.5 Å². The van der Waals surface area contributed by atoms with E-state index in [9.17, 15) is 9.59 Å². The third-order valence-corrected chi connectivity index (χ3v) is 6.73. The molecule has 1 atom stereocenters. The van der Waals surface area contributed by atoms with Crippen LogP contribution in [0, 0.1) is 6.92 Å². The smallest absolute Gasteiger partial charge is 0.283 e. The number of ether oxygens (including phenoxy) is 2. The van der Waals surface area contributed by atoms with Crippen molar-refractivity contribution in [1.29, 1.82) is 0 Å². The van der Waals surface area contributed by atoms with E-state index in [-0.39, 0.29) is 6.61 Å². The zero-order chi connectivity index (χ0) is 22.9. The number of nitrogens with one attached hydrogen (secondary N) is 2. The average Bonchev–Trinajstić information content (AvgIpc) is 3.39. The molecule has 168 valence electrons. The molecule has 2 N–H and O–H groups in total. The maximum absolute atomic E-state index is 12.7. The van der Waals surface area contributed by atoms with E-state index < -0.39 is 17.9 Å². The van der Waals surface area contributed by atoms with Crippen LogP contribution >= 0.6 is 22.9 Å². The van der Waals surface area contributed by atoms with Gasteiger partial charge in [-0.2, -0.15) is 5.10 Å². The summed E-state index contributed by atoms with van der Waals surface area (Å²) in [7, 11) is 0. The Morgan fingerprint density at radius 3 is 2.73 bits per heavy atom. The molecule has 0 spiro atoms. The van der Waals surface area contributed by atoms with E-state index in [1.165, 1.54) is 11.3 Å². The van der Waals surface area contributed by atoms with Crippen LogP contribution in [0.25, 0.3) is 10.2 Å². The van der Waals surface area contributed by atoms with Crippen molar-refractivity contribution in [2.75, 3.05) is 6.61 Å². The molecule has 3 heterocycles. The van der Waals surface area contributed by atoms with Crippen molar-refractivity contribution in [3.8, 4) is 11.5 Å². The third-order valence-electron chi connectivity index (χ3n) is 5.21. The highest BCUT2D eigenvalue weighted by Gasteiger charge is 2.28. The number of halogens is 1. The van der Waals surface area contributed by atoms with Gasteiger partial charge in [0.25, 0.3) is 11.8 Å². The molecule has 2 aromatic heterocycles. The van der Waals surface area contributed by atoms with Crippen LogP contribution in [0.1, 0.15) is 20.9 Å². The van der Waals surface area contributed by atoms with Crippen LogP contribution in [0.15, 0.2) is 54.6 Å². The molecule has 0 fully saturated rings. The number of carbonyl (C=O) groups excluding carboxylic acids is 2. The molecule has 0 radical (unpaired) electrons. The summed E-state index contributed by atoms with van der Waals surface area (Å²) in [5, 5.41) is 6.12. The van der Waals surface area contributed by atoms with Gasteiger partial charge in [-0.05, 0) is 36.8 Å². The summed E-state index contributed by atoms with van der Waals surface area (Å²) >= 11 is 7.58. The van der Waals surface area contributed by atoms with Gasteiger partial charge in [0.2, 0.25) is 6.10 Å². The molecule has 0 saturated carbocycles. The zero-order valence-corrected chi connectivity index (χ0v) is 19.1. The van der Waals surface area contributed by atoms with Gasteiger partial charge < -0.3 is 9.47 Å². The Labute approximate surface area is 198 Å². The molecule has 5 rings (SSSR count). The average molecular weight is 483 g/mol. The Morgan fingerprint density at radius 2 is 1.91 bits per heavy atom. The number of hydrazine groups is 1. The van der Waals surface area contributed by atoms with Crippen LogP contribution in [0.4, 0.5) is 0 Å². The van der Waals surface area contributed by atoms with Crippen molar-refractivity contribution in [3.63, 3.8) is 0 Å². The first-order valence-corrected chi connectivity index (χ1v) is 11.4. The standard InChI is InChI=1S/C23H19ClN4O4S/c1-13-15-10-20(33-23(15)28(27-13)11-14-6-2-3-7-16(14)24)22(30)26-25-21(29)19-12-31-17-8-4-5-9-18(17)32-19/h2-10,19H,11-12H2,1H3,(H,25,29)(H,26,30). The number of para-hydroxylation sites is 2. The minimum Gasteiger partial charge on any atom is -0.485 e. The zero-order valence-electron chi connectivity index (χ0n) is 17.5. The highest BCUT2D eigenvalue weighted by atomic mass is 35.5. The van der Waals surface area contributed by atoms with Gasteiger partial charge in [-0.3, -0.25) is 25.1 Å². The summed E-state index contributed by atoms with van der Waals surface area (Å²) in [4.78, 5) is 26.5. The molecule has 0 saturated heterocycles. The minimum atomic E-state index is -0.867. The molecule has 1 unspecified atom stereocenters. The van der Waals surface area contributed by atoms with Crippen LogP contribution < -0.4 is 20.3 Å². The van der Waals surface area contributed by atoms with Gasteiger partial charge in [-0.25, -0.2) is 0 Å². The molecular weight excluding hydrogens is 464 g/mol. The second-order valence-corrected chi connectivity index (χ2v) is 8.91. The van der Waals surface area contributed by atoms with Crippen LogP contribution in [0.5, 0.6) is 11.5 Å². The molecule has 0 aliphatic carbocycles. The second kappa shape index (κ2) is 8.76. The predicted molar refractivity (Wildman–Crippen MR) is 125 cm³/mol. The van der Waals surface area contributed by atoms with Gasteiger partial charge in [-0.1, -0.05) is 41.9 Å². The third kappa shape index (κ3) is 4.24. The van der Waals surface area contributed by atoms with E-state index in [1.54, 1.807) is 24.3 Å². The first-order valence-electron chi connectivity index (χ1n) is 10.2. The lowest BCUT2D eigenvalue weighted by atomic mass is 10.2. The Bertz CT molecular complexity index is 1370. The number of carbonyl (C=O) groups is 2. The number of fused-ring (bicyclic) bond motifs is 2. The summed E-state index contributed by atoms with van der Waals surface area (Å²) in [6, 6.07) is 16.4. The lowest BCUT2D eigenvalue weighted by molar-refractivity contribution is -0.131. The lowest BCUT2D eigenvalue weighted by Gasteiger charge is -2.25. The van der Waals surface area contributed by atoms with E-state index in [4.69, 9.17) is 21.1 Å². The van der Waals surface area contributed by atoms with Crippen molar-refractivity contribution < 1.29 is 19.1 Å². The van der Waals surface area contributed by atoms with Gasteiger partial charge in [0.05, 0.1) is 17.1 Å². The number of rotatable bonds is 4. The molecule has 1 aliphatic rings. The molecule has 1 aliphatic heterocycles. The molecule has 4 aromatic rings. The van der Waals surface area contributed by atoms with Crippen molar-refractivity contribution in [1.82, 2.24) is 20.6 Å². The van der Waals surface area contributed by atoms with Crippen molar-refractivity contribution in [2.24, 2.45) is 0 Å². The molecule has 2 aromatic carbocycles. The fourth-order valence-electron chi connectivity index (χ4n) is 3.53. The molecule has 33 heavy (non-hydrogen) atoms. The van der Waals surface area contributed by atoms with Crippen molar-refractivity contribution in [3.05, 3.63) is 75.8 Å². The van der Waals surface area contributed by atoms with E-state index in [1.807, 2.05) is 41.9 Å². The quantitative estimate of drug-likeness (QED) is 0.432. The fraction of sp³-hybridized carbons (Fsp3) is 0.174. The van der Waals surface area contributed by atoms with E-state index in [0.29, 0.717) is 27.9 Å². The van der Waals surface area contributed by atoms with Gasteiger partial charge in [-0.15, -0.1) is 11.3 Å². The summed E-state index contributed by atoms with van der Waals surface area (Å²) < 4.78 is 13.0. The number of nitrogens with zero attached hydrogens (tertiary/aromatic N) is 2. The SMILES string of the molecule is Cc1nn(Cc2ccccc2Cl)c2sc(C(=O)NNC(=O)C3COc4ccccc4O3)cc12. The molecule has 0 bridgehead atoms. The summed E-state index contributed by atoms with van der Waals surface area (Å²) in [6.45, 7) is 2.43. The van der Waals surface area contributed by atoms with Gasteiger partial charge in [0.15, 0.2) is 11.5 Å².